The van der Waals surface area contributed by atoms with Crippen molar-refractivity contribution >= 4 is 5.69 Å². The molecule has 0 fully saturated rings. The molecule has 0 aliphatic carbocycles. The first kappa shape index (κ1) is 10.1. The summed E-state index contributed by atoms with van der Waals surface area (Å²) >= 11 is 0. The van der Waals surface area contributed by atoms with Crippen LogP contribution < -0.4 is 17.0 Å². The highest BCUT2D eigenvalue weighted by molar-refractivity contribution is 5.31. The third-order valence-electron chi connectivity index (χ3n) is 1.85. The molecule has 1 aromatic heterocycles. The lowest BCUT2D eigenvalue weighted by Crippen LogP contribution is -2.40. The zero-order valence-corrected chi connectivity index (χ0v) is 7.86. The summed E-state index contributed by atoms with van der Waals surface area (Å²) in [6.07, 6.45) is 6.37. The van der Waals surface area contributed by atoms with Crippen LogP contribution in [0.2, 0.25) is 0 Å². The molecular weight excluding hydrogens is 182 g/mol. The normalized spacial score (nSPS) is 9.71. The standard InChI is InChI=1S/C9H11N3O2/c1-3-5-12-8(13)7(10)6-11(4-2)9(12)14/h1,6H,4-5,10H2,2H3. The number of aromatic nitrogens is 2. The van der Waals surface area contributed by atoms with Gasteiger partial charge >= 0.3 is 5.69 Å². The predicted molar refractivity (Wildman–Crippen MR) is 53.9 cm³/mol. The predicted octanol–water partition coefficient (Wildman–Crippen LogP) is -0.755. The SMILES string of the molecule is C#CCn1c(=O)c(N)cn(CC)c1=O. The molecule has 1 aromatic rings. The smallest absolute Gasteiger partial charge is 0.331 e. The summed E-state index contributed by atoms with van der Waals surface area (Å²) in [5.74, 6) is 2.24. The lowest BCUT2D eigenvalue weighted by Gasteiger charge is -2.06. The second kappa shape index (κ2) is 3.83. The Bertz CT molecular complexity index is 490. The van der Waals surface area contributed by atoms with Gasteiger partial charge in [-0.15, -0.1) is 6.42 Å². The molecule has 0 saturated heterocycles. The van der Waals surface area contributed by atoms with Gasteiger partial charge in [0.1, 0.15) is 5.69 Å². The number of nitrogen functional groups attached to an aromatic ring is 1. The Balaban J connectivity index is 3.55. The molecule has 0 amide bonds. The molecule has 0 aromatic carbocycles. The van der Waals surface area contributed by atoms with Crippen LogP contribution in [0.15, 0.2) is 15.8 Å². The fraction of sp³-hybridized carbons (Fsp3) is 0.333. The topological polar surface area (TPSA) is 70.0 Å². The van der Waals surface area contributed by atoms with Gasteiger partial charge in [0.15, 0.2) is 0 Å². The van der Waals surface area contributed by atoms with Crippen LogP contribution in [0, 0.1) is 12.3 Å². The molecule has 0 saturated carbocycles. The molecular formula is C9H11N3O2. The molecule has 0 aliphatic heterocycles. The van der Waals surface area contributed by atoms with Gasteiger partial charge in [0.25, 0.3) is 5.56 Å². The largest absolute Gasteiger partial charge is 0.393 e. The highest BCUT2D eigenvalue weighted by Crippen LogP contribution is 1.88. The summed E-state index contributed by atoms with van der Waals surface area (Å²) in [4.78, 5) is 22.9. The second-order valence-corrected chi connectivity index (χ2v) is 2.75. The van der Waals surface area contributed by atoms with Crippen molar-refractivity contribution in [2.24, 2.45) is 0 Å². The van der Waals surface area contributed by atoms with Crippen LogP contribution in [-0.4, -0.2) is 9.13 Å². The van der Waals surface area contributed by atoms with Crippen LogP contribution >= 0.6 is 0 Å². The maximum absolute atomic E-state index is 11.5. The fourth-order valence-electron chi connectivity index (χ4n) is 1.13. The minimum atomic E-state index is -0.530. The van der Waals surface area contributed by atoms with E-state index in [9.17, 15) is 9.59 Å². The number of aryl methyl sites for hydroxylation is 1. The first-order chi connectivity index (χ1) is 6.61. The quantitative estimate of drug-likeness (QED) is 0.628. The van der Waals surface area contributed by atoms with Gasteiger partial charge in [-0.25, -0.2) is 9.36 Å². The zero-order valence-electron chi connectivity index (χ0n) is 7.86. The van der Waals surface area contributed by atoms with Crippen molar-refractivity contribution in [3.63, 3.8) is 0 Å². The summed E-state index contributed by atoms with van der Waals surface area (Å²) in [6, 6.07) is 0. The number of anilines is 1. The zero-order chi connectivity index (χ0) is 10.7. The highest BCUT2D eigenvalue weighted by Gasteiger charge is 2.06. The fourth-order valence-corrected chi connectivity index (χ4v) is 1.13. The molecule has 0 bridgehead atoms. The molecule has 1 heterocycles. The molecule has 1 rings (SSSR count). The Hall–Kier alpha value is -1.96. The molecule has 0 aliphatic rings. The number of nitrogens with zero attached hydrogens (tertiary/aromatic N) is 2. The van der Waals surface area contributed by atoms with E-state index in [1.165, 1.54) is 10.8 Å². The molecule has 14 heavy (non-hydrogen) atoms. The molecule has 5 nitrogen and oxygen atoms in total. The number of terminal acetylenes is 1. The monoisotopic (exact) mass is 193 g/mol. The Morgan fingerprint density at radius 3 is 2.71 bits per heavy atom. The van der Waals surface area contributed by atoms with E-state index in [0.717, 1.165) is 4.57 Å². The van der Waals surface area contributed by atoms with E-state index in [-0.39, 0.29) is 12.2 Å². The number of nitrogens with two attached hydrogens (primary N) is 1. The number of rotatable bonds is 2. The van der Waals surface area contributed by atoms with Crippen molar-refractivity contribution in [3.05, 3.63) is 27.0 Å². The van der Waals surface area contributed by atoms with Crippen LogP contribution in [0.4, 0.5) is 5.69 Å². The van der Waals surface area contributed by atoms with E-state index in [2.05, 4.69) is 5.92 Å². The molecule has 74 valence electrons. The summed E-state index contributed by atoms with van der Waals surface area (Å²) in [5.41, 5.74) is 4.51. The van der Waals surface area contributed by atoms with Gasteiger partial charge in [-0.2, -0.15) is 0 Å². The van der Waals surface area contributed by atoms with E-state index in [1.54, 1.807) is 6.92 Å². The molecule has 0 spiro atoms. The van der Waals surface area contributed by atoms with Gasteiger partial charge in [0.05, 0.1) is 6.54 Å². The lowest BCUT2D eigenvalue weighted by atomic mass is 10.5. The van der Waals surface area contributed by atoms with Crippen LogP contribution in [0.3, 0.4) is 0 Å². The third-order valence-corrected chi connectivity index (χ3v) is 1.85. The van der Waals surface area contributed by atoms with Gasteiger partial charge < -0.3 is 5.73 Å². The third kappa shape index (κ3) is 1.55. The summed E-state index contributed by atoms with van der Waals surface area (Å²) in [5, 5.41) is 0. The van der Waals surface area contributed by atoms with Crippen molar-refractivity contribution in [1.82, 2.24) is 9.13 Å². The first-order valence-electron chi connectivity index (χ1n) is 4.15. The number of hydrogen-bond acceptors (Lipinski definition) is 3. The lowest BCUT2D eigenvalue weighted by molar-refractivity contribution is 0.614. The highest BCUT2D eigenvalue weighted by atomic mass is 16.2. The summed E-state index contributed by atoms with van der Waals surface area (Å²) < 4.78 is 2.28. The van der Waals surface area contributed by atoms with Gasteiger partial charge in [0.2, 0.25) is 0 Å². The Morgan fingerprint density at radius 2 is 2.21 bits per heavy atom. The van der Waals surface area contributed by atoms with Crippen LogP contribution in [0.25, 0.3) is 0 Å². The van der Waals surface area contributed by atoms with Gasteiger partial charge in [-0.05, 0) is 6.92 Å². The van der Waals surface area contributed by atoms with Crippen molar-refractivity contribution in [3.8, 4) is 12.3 Å². The van der Waals surface area contributed by atoms with E-state index in [4.69, 9.17) is 12.2 Å². The average molecular weight is 193 g/mol. The number of hydrogen-bond donors (Lipinski definition) is 1. The van der Waals surface area contributed by atoms with Gasteiger partial charge in [0, 0.05) is 12.7 Å². The van der Waals surface area contributed by atoms with E-state index in [0.29, 0.717) is 6.54 Å². The van der Waals surface area contributed by atoms with Crippen LogP contribution in [0.5, 0.6) is 0 Å². The van der Waals surface area contributed by atoms with Gasteiger partial charge in [-0.3, -0.25) is 9.36 Å². The minimum Gasteiger partial charge on any atom is -0.393 e. The molecule has 0 radical (unpaired) electrons. The first-order valence-corrected chi connectivity index (χ1v) is 4.15. The molecule has 5 heteroatoms. The Morgan fingerprint density at radius 1 is 1.57 bits per heavy atom. The van der Waals surface area contributed by atoms with Crippen LogP contribution in [-0.2, 0) is 13.1 Å². The van der Waals surface area contributed by atoms with E-state index >= 15 is 0 Å². The minimum absolute atomic E-state index is 0.0294. The maximum Gasteiger partial charge on any atom is 0.331 e. The summed E-state index contributed by atoms with van der Waals surface area (Å²) in [7, 11) is 0. The van der Waals surface area contributed by atoms with E-state index in [1.807, 2.05) is 0 Å². The Kier molecular flexibility index (Phi) is 2.77. The molecule has 0 atom stereocenters. The molecule has 0 unspecified atom stereocenters. The van der Waals surface area contributed by atoms with Crippen molar-refractivity contribution < 1.29 is 0 Å². The van der Waals surface area contributed by atoms with Crippen molar-refractivity contribution in [2.45, 2.75) is 20.0 Å². The van der Waals surface area contributed by atoms with Crippen molar-refractivity contribution in [1.29, 1.82) is 0 Å². The molecule has 2 N–H and O–H groups in total. The van der Waals surface area contributed by atoms with Gasteiger partial charge in [-0.1, -0.05) is 5.92 Å². The average Bonchev–Trinajstić information content (AvgIpc) is 2.18. The second-order valence-electron chi connectivity index (χ2n) is 2.75. The van der Waals surface area contributed by atoms with Crippen LogP contribution in [0.1, 0.15) is 6.92 Å². The summed E-state index contributed by atoms with van der Waals surface area (Å²) in [6.45, 7) is 2.18. The maximum atomic E-state index is 11.5. The van der Waals surface area contributed by atoms with Crippen molar-refractivity contribution in [2.75, 3.05) is 5.73 Å². The van der Waals surface area contributed by atoms with E-state index < -0.39 is 11.2 Å². The Labute approximate surface area is 80.8 Å².